The van der Waals surface area contributed by atoms with E-state index < -0.39 is 0 Å². The van der Waals surface area contributed by atoms with Crippen LogP contribution in [-0.4, -0.2) is 11.8 Å². The Bertz CT molecular complexity index is 721. The van der Waals surface area contributed by atoms with Crippen molar-refractivity contribution in [3.63, 3.8) is 0 Å². The van der Waals surface area contributed by atoms with E-state index in [1.165, 1.54) is 0 Å². The van der Waals surface area contributed by atoms with Crippen molar-refractivity contribution in [2.75, 3.05) is 5.32 Å². The van der Waals surface area contributed by atoms with E-state index in [4.69, 9.17) is 4.42 Å². The van der Waals surface area contributed by atoms with Crippen LogP contribution in [0.15, 0.2) is 33.4 Å². The zero-order chi connectivity index (χ0) is 14.3. The van der Waals surface area contributed by atoms with Crippen molar-refractivity contribution < 1.29 is 14.0 Å². The molecule has 0 bridgehead atoms. The number of halogens is 1. The highest BCUT2D eigenvalue weighted by atomic mass is 79.9. The van der Waals surface area contributed by atoms with E-state index in [2.05, 4.69) is 26.6 Å². The van der Waals surface area contributed by atoms with Crippen LogP contribution in [0.2, 0.25) is 0 Å². The Balaban J connectivity index is 1.85. The highest BCUT2D eigenvalue weighted by Crippen LogP contribution is 2.23. The Morgan fingerprint density at radius 2 is 2.20 bits per heavy atom. The molecule has 102 valence electrons. The SMILES string of the molecule is Cc1cc(Br)oc1C(=O)Nc1ccc2c(c1)C(=O)NC2. The Labute approximate surface area is 123 Å². The van der Waals surface area contributed by atoms with Gasteiger partial charge in [0, 0.05) is 23.4 Å². The molecule has 0 saturated carbocycles. The number of nitrogens with one attached hydrogen (secondary N) is 2. The number of carbonyl (C=O) groups is 2. The minimum absolute atomic E-state index is 0.118. The van der Waals surface area contributed by atoms with E-state index in [0.29, 0.717) is 22.5 Å². The van der Waals surface area contributed by atoms with Gasteiger partial charge in [-0.25, -0.2) is 0 Å². The molecule has 2 aromatic rings. The highest BCUT2D eigenvalue weighted by Gasteiger charge is 2.20. The molecule has 1 aromatic heterocycles. The summed E-state index contributed by atoms with van der Waals surface area (Å²) in [5, 5.41) is 5.46. The quantitative estimate of drug-likeness (QED) is 0.887. The van der Waals surface area contributed by atoms with Gasteiger partial charge in [0.2, 0.25) is 0 Å². The third-order valence-corrected chi connectivity index (χ3v) is 3.54. The molecule has 0 fully saturated rings. The van der Waals surface area contributed by atoms with Gasteiger partial charge in [0.05, 0.1) is 0 Å². The first-order valence-corrected chi connectivity index (χ1v) is 6.82. The van der Waals surface area contributed by atoms with Gasteiger partial charge in [-0.15, -0.1) is 0 Å². The molecule has 2 amide bonds. The summed E-state index contributed by atoms with van der Waals surface area (Å²) in [6.45, 7) is 2.33. The summed E-state index contributed by atoms with van der Waals surface area (Å²) >= 11 is 3.19. The molecule has 5 nitrogen and oxygen atoms in total. The Morgan fingerprint density at radius 3 is 2.90 bits per heavy atom. The van der Waals surface area contributed by atoms with Crippen LogP contribution >= 0.6 is 15.9 Å². The Morgan fingerprint density at radius 1 is 1.40 bits per heavy atom. The second kappa shape index (κ2) is 4.79. The van der Waals surface area contributed by atoms with Crippen molar-refractivity contribution in [2.45, 2.75) is 13.5 Å². The largest absolute Gasteiger partial charge is 0.444 e. The van der Waals surface area contributed by atoms with E-state index >= 15 is 0 Å². The minimum atomic E-state index is -0.341. The molecular weight excluding hydrogens is 324 g/mol. The number of hydrogen-bond donors (Lipinski definition) is 2. The molecule has 0 saturated heterocycles. The summed E-state index contributed by atoms with van der Waals surface area (Å²) in [5.74, 6) is -0.207. The van der Waals surface area contributed by atoms with Crippen LogP contribution in [0.25, 0.3) is 0 Å². The van der Waals surface area contributed by atoms with E-state index in [1.807, 2.05) is 6.07 Å². The molecule has 2 N–H and O–H groups in total. The van der Waals surface area contributed by atoms with Crippen molar-refractivity contribution in [3.8, 4) is 0 Å². The number of hydrogen-bond acceptors (Lipinski definition) is 3. The minimum Gasteiger partial charge on any atom is -0.444 e. The number of fused-ring (bicyclic) bond motifs is 1. The van der Waals surface area contributed by atoms with Crippen LogP contribution in [0.5, 0.6) is 0 Å². The van der Waals surface area contributed by atoms with Gasteiger partial charge in [0.15, 0.2) is 10.4 Å². The summed E-state index contributed by atoms with van der Waals surface area (Å²) < 4.78 is 5.80. The normalized spacial score (nSPS) is 13.0. The molecule has 0 unspecified atom stereocenters. The molecule has 0 spiro atoms. The first-order chi connectivity index (χ1) is 9.54. The van der Waals surface area contributed by atoms with Crippen LogP contribution in [0.4, 0.5) is 5.69 Å². The second-order valence-electron chi connectivity index (χ2n) is 4.57. The number of benzene rings is 1. The van der Waals surface area contributed by atoms with E-state index in [1.54, 1.807) is 25.1 Å². The van der Waals surface area contributed by atoms with Crippen LogP contribution in [0, 0.1) is 6.92 Å². The first-order valence-electron chi connectivity index (χ1n) is 6.03. The zero-order valence-corrected chi connectivity index (χ0v) is 12.2. The van der Waals surface area contributed by atoms with Crippen molar-refractivity contribution in [1.82, 2.24) is 5.32 Å². The lowest BCUT2D eigenvalue weighted by Gasteiger charge is -2.05. The number of furan rings is 1. The van der Waals surface area contributed by atoms with Crippen LogP contribution in [-0.2, 0) is 6.54 Å². The molecule has 0 aliphatic carbocycles. The van der Waals surface area contributed by atoms with E-state index in [-0.39, 0.29) is 17.6 Å². The molecule has 6 heteroatoms. The van der Waals surface area contributed by atoms with Crippen molar-refractivity contribution in [1.29, 1.82) is 0 Å². The summed E-state index contributed by atoms with van der Waals surface area (Å²) in [6.07, 6.45) is 0. The van der Waals surface area contributed by atoms with Crippen LogP contribution in [0.3, 0.4) is 0 Å². The summed E-state index contributed by atoms with van der Waals surface area (Å²) in [5.41, 5.74) is 2.84. The lowest BCUT2D eigenvalue weighted by atomic mass is 10.1. The van der Waals surface area contributed by atoms with Crippen LogP contribution < -0.4 is 10.6 Å². The molecular formula is C14H11BrN2O3. The standard InChI is InChI=1S/C14H11BrN2O3/c1-7-4-11(15)20-12(7)14(19)17-9-3-2-8-6-16-13(18)10(8)5-9/h2-5H,6H2,1H3,(H,16,18)(H,17,19). The van der Waals surface area contributed by atoms with Crippen molar-refractivity contribution >= 4 is 33.4 Å². The van der Waals surface area contributed by atoms with Crippen molar-refractivity contribution in [3.05, 3.63) is 51.4 Å². The number of carbonyl (C=O) groups excluding carboxylic acids is 2. The third-order valence-electron chi connectivity index (χ3n) is 3.15. The molecule has 1 aliphatic heterocycles. The van der Waals surface area contributed by atoms with Gasteiger partial charge in [0.25, 0.3) is 11.8 Å². The maximum atomic E-state index is 12.1. The number of aryl methyl sites for hydroxylation is 1. The van der Waals surface area contributed by atoms with E-state index in [9.17, 15) is 9.59 Å². The summed E-state index contributed by atoms with van der Waals surface area (Å²) in [4.78, 5) is 23.7. The predicted molar refractivity (Wildman–Crippen MR) is 76.7 cm³/mol. The van der Waals surface area contributed by atoms with E-state index in [0.717, 1.165) is 11.1 Å². The topological polar surface area (TPSA) is 71.3 Å². The molecule has 0 atom stereocenters. The summed E-state index contributed by atoms with van der Waals surface area (Å²) in [7, 11) is 0. The lowest BCUT2D eigenvalue weighted by Crippen LogP contribution is -2.14. The molecule has 0 radical (unpaired) electrons. The average molecular weight is 335 g/mol. The zero-order valence-electron chi connectivity index (χ0n) is 10.6. The van der Waals surface area contributed by atoms with Gasteiger partial charge in [-0.3, -0.25) is 9.59 Å². The third kappa shape index (κ3) is 2.22. The maximum Gasteiger partial charge on any atom is 0.291 e. The lowest BCUT2D eigenvalue weighted by molar-refractivity contribution is 0.0963. The van der Waals surface area contributed by atoms with Gasteiger partial charge < -0.3 is 15.1 Å². The number of rotatable bonds is 2. The van der Waals surface area contributed by atoms with Gasteiger partial charge >= 0.3 is 0 Å². The molecule has 1 aromatic carbocycles. The monoisotopic (exact) mass is 334 g/mol. The van der Waals surface area contributed by atoms with Gasteiger partial charge in [-0.05, 0) is 46.6 Å². The van der Waals surface area contributed by atoms with Gasteiger partial charge in [-0.1, -0.05) is 6.07 Å². The fourth-order valence-electron chi connectivity index (χ4n) is 2.15. The second-order valence-corrected chi connectivity index (χ2v) is 5.35. The van der Waals surface area contributed by atoms with Crippen LogP contribution in [0.1, 0.15) is 32.0 Å². The fourth-order valence-corrected chi connectivity index (χ4v) is 2.65. The summed E-state index contributed by atoms with van der Waals surface area (Å²) in [6, 6.07) is 6.99. The molecule has 1 aliphatic rings. The molecule has 20 heavy (non-hydrogen) atoms. The molecule has 2 heterocycles. The van der Waals surface area contributed by atoms with Crippen molar-refractivity contribution in [2.24, 2.45) is 0 Å². The Kier molecular flexibility index (Phi) is 3.10. The number of anilines is 1. The highest BCUT2D eigenvalue weighted by molar-refractivity contribution is 9.10. The predicted octanol–water partition coefficient (Wildman–Crippen LogP) is 2.85. The maximum absolute atomic E-state index is 12.1. The Hall–Kier alpha value is -2.08. The fraction of sp³-hybridized carbons (Fsp3) is 0.143. The first kappa shape index (κ1) is 12.9. The van der Waals surface area contributed by atoms with Gasteiger partial charge in [-0.2, -0.15) is 0 Å². The van der Waals surface area contributed by atoms with Gasteiger partial charge in [0.1, 0.15) is 0 Å². The average Bonchev–Trinajstić information content (AvgIpc) is 2.93. The molecule has 3 rings (SSSR count). The number of amides is 2. The smallest absolute Gasteiger partial charge is 0.291 e.